The fourth-order valence-corrected chi connectivity index (χ4v) is 3.86. The average molecular weight is 344 g/mol. The Labute approximate surface area is 142 Å². The normalized spacial score (nSPS) is 12.2. The molecule has 0 aliphatic rings. The van der Waals surface area contributed by atoms with Gasteiger partial charge in [0.15, 0.2) is 0 Å². The lowest BCUT2D eigenvalue weighted by molar-refractivity contribution is -0.139. The molecule has 1 aromatic carbocycles. The molecule has 0 fully saturated rings. The molecule has 3 rings (SSSR count). The van der Waals surface area contributed by atoms with Crippen LogP contribution in [-0.2, 0) is 17.8 Å². The number of thiazole rings is 1. The fraction of sp³-hybridized carbons (Fsp3) is 0.176. The number of nitrogens with zero attached hydrogens (tertiary/aromatic N) is 1. The molecule has 2 heterocycles. The van der Waals surface area contributed by atoms with Crippen LogP contribution < -0.4 is 5.32 Å². The molecule has 6 heteroatoms. The Balaban J connectivity index is 1.62. The Morgan fingerprint density at radius 2 is 2.00 bits per heavy atom. The number of hydrogen-bond donors (Lipinski definition) is 2. The minimum Gasteiger partial charge on any atom is -0.480 e. The van der Waals surface area contributed by atoms with E-state index in [-0.39, 0.29) is 0 Å². The Morgan fingerprint density at radius 3 is 2.70 bits per heavy atom. The first-order chi connectivity index (χ1) is 11.2. The van der Waals surface area contributed by atoms with Crippen molar-refractivity contribution in [3.05, 3.63) is 64.5 Å². The third kappa shape index (κ3) is 4.25. The van der Waals surface area contributed by atoms with E-state index in [1.807, 2.05) is 53.2 Å². The Kier molecular flexibility index (Phi) is 5.17. The summed E-state index contributed by atoms with van der Waals surface area (Å²) in [6, 6.07) is 13.1. The van der Waals surface area contributed by atoms with E-state index in [2.05, 4.69) is 10.3 Å². The zero-order valence-electron chi connectivity index (χ0n) is 12.3. The zero-order valence-corrected chi connectivity index (χ0v) is 13.9. The van der Waals surface area contributed by atoms with Crippen LogP contribution in [0.5, 0.6) is 0 Å². The highest BCUT2D eigenvalue weighted by Crippen LogP contribution is 2.27. The van der Waals surface area contributed by atoms with E-state index in [1.165, 1.54) is 0 Å². The molecule has 23 heavy (non-hydrogen) atoms. The second-order valence-corrected chi connectivity index (χ2v) is 6.89. The van der Waals surface area contributed by atoms with Crippen molar-refractivity contribution in [2.45, 2.75) is 19.0 Å². The molecule has 0 saturated heterocycles. The third-order valence-electron chi connectivity index (χ3n) is 3.39. The number of aromatic nitrogens is 1. The highest BCUT2D eigenvalue weighted by Gasteiger charge is 2.18. The second kappa shape index (κ2) is 7.50. The Bertz CT molecular complexity index is 754. The number of carbonyl (C=O) groups is 1. The molecule has 0 saturated carbocycles. The molecule has 0 radical (unpaired) electrons. The fourth-order valence-electron chi connectivity index (χ4n) is 2.23. The van der Waals surface area contributed by atoms with Gasteiger partial charge in [-0.15, -0.1) is 22.7 Å². The van der Waals surface area contributed by atoms with Crippen LogP contribution in [0, 0.1) is 0 Å². The molecular weight excluding hydrogens is 328 g/mol. The van der Waals surface area contributed by atoms with E-state index in [1.54, 1.807) is 22.7 Å². The summed E-state index contributed by atoms with van der Waals surface area (Å²) in [5, 5.41) is 17.5. The van der Waals surface area contributed by atoms with E-state index in [9.17, 15) is 9.90 Å². The van der Waals surface area contributed by atoms with Crippen molar-refractivity contribution in [3.63, 3.8) is 0 Å². The van der Waals surface area contributed by atoms with Gasteiger partial charge in [-0.25, -0.2) is 4.98 Å². The predicted molar refractivity (Wildman–Crippen MR) is 93.8 cm³/mol. The summed E-state index contributed by atoms with van der Waals surface area (Å²) < 4.78 is 0. The minimum absolute atomic E-state index is 0.450. The molecule has 4 nitrogen and oxygen atoms in total. The molecule has 0 bridgehead atoms. The summed E-state index contributed by atoms with van der Waals surface area (Å²) in [4.78, 5) is 17.1. The first-order valence-corrected chi connectivity index (χ1v) is 8.96. The van der Waals surface area contributed by atoms with Crippen molar-refractivity contribution in [2.75, 3.05) is 0 Å². The van der Waals surface area contributed by atoms with Gasteiger partial charge in [0, 0.05) is 11.9 Å². The zero-order chi connectivity index (χ0) is 16.1. The minimum atomic E-state index is -0.845. The number of nitrogens with one attached hydrogen (secondary N) is 1. The first-order valence-electron chi connectivity index (χ1n) is 7.21. The van der Waals surface area contributed by atoms with Crippen molar-refractivity contribution in [2.24, 2.45) is 0 Å². The van der Waals surface area contributed by atoms with E-state index in [4.69, 9.17) is 0 Å². The van der Waals surface area contributed by atoms with Gasteiger partial charge in [0.25, 0.3) is 0 Å². The van der Waals surface area contributed by atoms with Crippen LogP contribution in [-0.4, -0.2) is 22.1 Å². The van der Waals surface area contributed by atoms with Crippen LogP contribution in [0.2, 0.25) is 0 Å². The van der Waals surface area contributed by atoms with E-state index >= 15 is 0 Å². The largest absolute Gasteiger partial charge is 0.480 e. The van der Waals surface area contributed by atoms with Crippen molar-refractivity contribution >= 4 is 28.6 Å². The Morgan fingerprint density at radius 1 is 1.17 bits per heavy atom. The van der Waals surface area contributed by atoms with Crippen LogP contribution in [0.15, 0.2) is 53.2 Å². The number of carboxylic acids is 1. The van der Waals surface area contributed by atoms with Gasteiger partial charge in [-0.1, -0.05) is 36.4 Å². The van der Waals surface area contributed by atoms with Crippen LogP contribution in [0.4, 0.5) is 0 Å². The molecule has 0 aliphatic heterocycles. The molecule has 0 spiro atoms. The van der Waals surface area contributed by atoms with Gasteiger partial charge in [0.2, 0.25) is 0 Å². The van der Waals surface area contributed by atoms with E-state index < -0.39 is 12.0 Å². The SMILES string of the molecule is O=C(O)C(Cc1ccccc1)NCc1csc(-c2cccs2)n1. The van der Waals surface area contributed by atoms with Crippen LogP contribution in [0.3, 0.4) is 0 Å². The smallest absolute Gasteiger partial charge is 0.321 e. The number of benzene rings is 1. The molecule has 118 valence electrons. The highest BCUT2D eigenvalue weighted by atomic mass is 32.1. The Hall–Kier alpha value is -2.02. The summed E-state index contributed by atoms with van der Waals surface area (Å²) >= 11 is 3.24. The monoisotopic (exact) mass is 344 g/mol. The molecule has 0 aliphatic carbocycles. The van der Waals surface area contributed by atoms with Gasteiger partial charge in [-0.3, -0.25) is 10.1 Å². The van der Waals surface area contributed by atoms with Crippen LogP contribution in [0.1, 0.15) is 11.3 Å². The molecule has 2 aromatic heterocycles. The standard InChI is InChI=1S/C17H16N2O2S2/c20-17(21)14(9-12-5-2-1-3-6-12)18-10-13-11-23-16(19-13)15-7-4-8-22-15/h1-8,11,14,18H,9-10H2,(H,20,21). The maximum absolute atomic E-state index is 11.4. The average Bonchev–Trinajstić information content (AvgIpc) is 3.23. The highest BCUT2D eigenvalue weighted by molar-refractivity contribution is 7.20. The molecule has 1 atom stereocenters. The maximum atomic E-state index is 11.4. The quantitative estimate of drug-likeness (QED) is 0.687. The lowest BCUT2D eigenvalue weighted by Crippen LogP contribution is -2.38. The summed E-state index contributed by atoms with van der Waals surface area (Å²) in [5.41, 5.74) is 1.88. The third-order valence-corrected chi connectivity index (χ3v) is 5.32. The first kappa shape index (κ1) is 15.9. The number of aliphatic carboxylic acids is 1. The number of rotatable bonds is 7. The summed E-state index contributed by atoms with van der Waals surface area (Å²) in [6.45, 7) is 0.450. The van der Waals surface area contributed by atoms with Crippen molar-refractivity contribution < 1.29 is 9.90 Å². The number of hydrogen-bond acceptors (Lipinski definition) is 5. The molecule has 1 unspecified atom stereocenters. The van der Waals surface area contributed by atoms with Crippen LogP contribution in [0.25, 0.3) is 9.88 Å². The van der Waals surface area contributed by atoms with Crippen molar-refractivity contribution in [3.8, 4) is 9.88 Å². The summed E-state index contributed by atoms with van der Waals surface area (Å²) in [5.74, 6) is -0.845. The van der Waals surface area contributed by atoms with Crippen molar-refractivity contribution in [1.82, 2.24) is 10.3 Å². The molecule has 0 amide bonds. The topological polar surface area (TPSA) is 62.2 Å². The van der Waals surface area contributed by atoms with Gasteiger partial charge >= 0.3 is 5.97 Å². The maximum Gasteiger partial charge on any atom is 0.321 e. The van der Waals surface area contributed by atoms with Gasteiger partial charge in [0.1, 0.15) is 11.0 Å². The van der Waals surface area contributed by atoms with Gasteiger partial charge in [-0.05, 0) is 23.4 Å². The molecular formula is C17H16N2O2S2. The van der Waals surface area contributed by atoms with Gasteiger partial charge in [0.05, 0.1) is 10.6 Å². The number of thiophene rings is 1. The summed E-state index contributed by atoms with van der Waals surface area (Å²) in [6.07, 6.45) is 0.456. The van der Waals surface area contributed by atoms with Gasteiger partial charge in [-0.2, -0.15) is 0 Å². The van der Waals surface area contributed by atoms with Crippen LogP contribution >= 0.6 is 22.7 Å². The van der Waals surface area contributed by atoms with E-state index in [0.29, 0.717) is 13.0 Å². The summed E-state index contributed by atoms with van der Waals surface area (Å²) in [7, 11) is 0. The van der Waals surface area contributed by atoms with E-state index in [0.717, 1.165) is 21.1 Å². The molecule has 2 N–H and O–H groups in total. The lowest BCUT2D eigenvalue weighted by Gasteiger charge is -2.13. The second-order valence-electron chi connectivity index (χ2n) is 5.08. The molecule has 3 aromatic rings. The lowest BCUT2D eigenvalue weighted by atomic mass is 10.1. The van der Waals surface area contributed by atoms with Crippen molar-refractivity contribution in [1.29, 1.82) is 0 Å². The van der Waals surface area contributed by atoms with Gasteiger partial charge < -0.3 is 5.11 Å². The number of carboxylic acid groups (broad SMARTS) is 1. The predicted octanol–water partition coefficient (Wildman–Crippen LogP) is 3.66.